The van der Waals surface area contributed by atoms with E-state index in [0.29, 0.717) is 42.9 Å². The largest absolute Gasteiger partial charge is 0.489 e. The fourth-order valence-electron chi connectivity index (χ4n) is 3.84. The zero-order valence-electron chi connectivity index (χ0n) is 21.6. The van der Waals surface area contributed by atoms with E-state index in [9.17, 15) is 4.79 Å². The lowest BCUT2D eigenvalue weighted by molar-refractivity contribution is 0.0525. The summed E-state index contributed by atoms with van der Waals surface area (Å²) in [7, 11) is 1.59. The minimum atomic E-state index is -0.440. The molecule has 0 aliphatic rings. The number of carbonyl (C=O) groups is 1. The van der Waals surface area contributed by atoms with Gasteiger partial charge in [0.2, 0.25) is 11.8 Å². The fourth-order valence-corrected chi connectivity index (χ4v) is 3.84. The molecule has 3 aromatic heterocycles. The Morgan fingerprint density at radius 2 is 1.78 bits per heavy atom. The fraction of sp³-hybridized carbons (Fsp3) is 0.333. The number of pyridine rings is 1. The molecule has 4 rings (SSSR count). The van der Waals surface area contributed by atoms with Crippen molar-refractivity contribution in [2.45, 2.75) is 33.7 Å². The Balaban J connectivity index is 1.56. The van der Waals surface area contributed by atoms with Gasteiger partial charge in [-0.15, -0.1) is 0 Å². The first-order chi connectivity index (χ1) is 17.9. The predicted octanol–water partition coefficient (Wildman–Crippen LogP) is 4.27. The molecular formula is C27H30N6O4. The van der Waals surface area contributed by atoms with Crippen molar-refractivity contribution in [2.24, 2.45) is 0 Å². The number of fused-ring (bicyclic) bond motifs is 1. The normalized spacial score (nSPS) is 11.0. The molecule has 3 heterocycles. The van der Waals surface area contributed by atoms with Crippen LogP contribution >= 0.6 is 0 Å². The molecule has 0 bridgehead atoms. The smallest absolute Gasteiger partial charge is 0.341 e. The molecular weight excluding hydrogens is 472 g/mol. The number of hydrogen-bond acceptors (Lipinski definition) is 10. The molecule has 0 saturated heterocycles. The SMILES string of the molecule is CCOC(=O)c1cnc(N(CCOc2cc(-c3ccc(OC)nc3)cc3c(C)ncnc23)C(C)C)nc1. The highest BCUT2D eigenvalue weighted by molar-refractivity contribution is 5.91. The lowest BCUT2D eigenvalue weighted by Crippen LogP contribution is -2.36. The quantitative estimate of drug-likeness (QED) is 0.291. The summed E-state index contributed by atoms with van der Waals surface area (Å²) in [4.78, 5) is 35.9. The summed E-state index contributed by atoms with van der Waals surface area (Å²) in [5.74, 6) is 1.26. The van der Waals surface area contributed by atoms with Crippen LogP contribution in [0, 0.1) is 6.92 Å². The molecule has 0 aliphatic carbocycles. The molecule has 0 unspecified atom stereocenters. The van der Waals surface area contributed by atoms with E-state index in [1.807, 2.05) is 49.9 Å². The van der Waals surface area contributed by atoms with Crippen molar-refractivity contribution in [2.75, 3.05) is 31.8 Å². The Hall–Kier alpha value is -4.34. The van der Waals surface area contributed by atoms with Gasteiger partial charge in [-0.2, -0.15) is 0 Å². The first-order valence-corrected chi connectivity index (χ1v) is 12.1. The molecule has 0 saturated carbocycles. The topological polar surface area (TPSA) is 112 Å². The van der Waals surface area contributed by atoms with Crippen molar-refractivity contribution in [1.82, 2.24) is 24.9 Å². The standard InChI is InChI=1S/C27H30N6O4/c1-6-36-26(34)21-14-29-27(30-15-21)33(17(2)3)9-10-37-23-12-20(19-7-8-24(35-5)28-13-19)11-22-18(4)31-16-32-25(22)23/h7-8,11-17H,6,9-10H2,1-5H3. The molecule has 10 heteroatoms. The molecule has 0 aliphatic heterocycles. The highest BCUT2D eigenvalue weighted by Gasteiger charge is 2.17. The lowest BCUT2D eigenvalue weighted by atomic mass is 10.0. The van der Waals surface area contributed by atoms with E-state index in [0.717, 1.165) is 27.7 Å². The second-order valence-corrected chi connectivity index (χ2v) is 8.55. The first kappa shape index (κ1) is 25.7. The van der Waals surface area contributed by atoms with Crippen LogP contribution in [0.1, 0.15) is 36.8 Å². The maximum absolute atomic E-state index is 11.9. The Kier molecular flexibility index (Phi) is 8.07. The van der Waals surface area contributed by atoms with Gasteiger partial charge in [0.05, 0.1) is 25.8 Å². The van der Waals surface area contributed by atoms with Crippen LogP contribution < -0.4 is 14.4 Å². The number of aromatic nitrogens is 5. The average molecular weight is 503 g/mol. The van der Waals surface area contributed by atoms with Gasteiger partial charge in [-0.1, -0.05) is 0 Å². The van der Waals surface area contributed by atoms with Gasteiger partial charge in [0.1, 0.15) is 24.2 Å². The van der Waals surface area contributed by atoms with Crippen molar-refractivity contribution in [1.29, 1.82) is 0 Å². The number of carbonyl (C=O) groups excluding carboxylic acids is 1. The van der Waals surface area contributed by atoms with Crippen LogP contribution in [0.2, 0.25) is 0 Å². The number of benzene rings is 1. The number of anilines is 1. The molecule has 0 N–H and O–H groups in total. The van der Waals surface area contributed by atoms with Gasteiger partial charge in [0.15, 0.2) is 0 Å². The summed E-state index contributed by atoms with van der Waals surface area (Å²) in [6.07, 6.45) is 6.27. The van der Waals surface area contributed by atoms with Crippen molar-refractivity contribution in [3.8, 4) is 22.8 Å². The van der Waals surface area contributed by atoms with Crippen molar-refractivity contribution < 1.29 is 19.0 Å². The Bertz CT molecular complexity index is 1360. The first-order valence-electron chi connectivity index (χ1n) is 12.1. The molecule has 1 aromatic carbocycles. The molecule has 0 amide bonds. The van der Waals surface area contributed by atoms with Gasteiger partial charge in [0, 0.05) is 47.3 Å². The number of methoxy groups -OCH3 is 1. The minimum Gasteiger partial charge on any atom is -0.489 e. The highest BCUT2D eigenvalue weighted by Crippen LogP contribution is 2.32. The van der Waals surface area contributed by atoms with Gasteiger partial charge < -0.3 is 19.1 Å². The van der Waals surface area contributed by atoms with Crippen LogP contribution in [0.5, 0.6) is 11.6 Å². The lowest BCUT2D eigenvalue weighted by Gasteiger charge is -2.26. The number of nitrogens with zero attached hydrogens (tertiary/aromatic N) is 6. The van der Waals surface area contributed by atoms with Crippen molar-refractivity contribution >= 4 is 22.8 Å². The summed E-state index contributed by atoms with van der Waals surface area (Å²) in [6.45, 7) is 8.98. The maximum Gasteiger partial charge on any atom is 0.341 e. The van der Waals surface area contributed by atoms with Crippen LogP contribution in [0.4, 0.5) is 5.95 Å². The van der Waals surface area contributed by atoms with Gasteiger partial charge in [-0.05, 0) is 51.5 Å². The van der Waals surface area contributed by atoms with E-state index in [-0.39, 0.29) is 6.04 Å². The summed E-state index contributed by atoms with van der Waals surface area (Å²) in [5.41, 5.74) is 3.78. The third kappa shape index (κ3) is 5.91. The zero-order valence-corrected chi connectivity index (χ0v) is 21.6. The average Bonchev–Trinajstić information content (AvgIpc) is 2.91. The second kappa shape index (κ2) is 11.6. The molecule has 0 radical (unpaired) electrons. The molecule has 192 valence electrons. The van der Waals surface area contributed by atoms with Crippen molar-refractivity contribution in [3.05, 3.63) is 60.4 Å². The summed E-state index contributed by atoms with van der Waals surface area (Å²) in [5, 5.41) is 0.907. The van der Waals surface area contributed by atoms with Gasteiger partial charge >= 0.3 is 5.97 Å². The molecule has 10 nitrogen and oxygen atoms in total. The molecule has 0 spiro atoms. The van der Waals surface area contributed by atoms with Crippen LogP contribution in [0.25, 0.3) is 22.0 Å². The summed E-state index contributed by atoms with van der Waals surface area (Å²) >= 11 is 0. The van der Waals surface area contributed by atoms with E-state index in [1.54, 1.807) is 26.6 Å². The number of esters is 1. The number of ether oxygens (including phenoxy) is 3. The van der Waals surface area contributed by atoms with E-state index in [2.05, 4.69) is 24.9 Å². The maximum atomic E-state index is 11.9. The van der Waals surface area contributed by atoms with Gasteiger partial charge in [0.25, 0.3) is 0 Å². The minimum absolute atomic E-state index is 0.107. The Labute approximate surface area is 215 Å². The Morgan fingerprint density at radius 1 is 1.00 bits per heavy atom. The third-order valence-electron chi connectivity index (χ3n) is 5.80. The van der Waals surface area contributed by atoms with Crippen LogP contribution in [-0.4, -0.2) is 63.8 Å². The molecule has 4 aromatic rings. The van der Waals surface area contributed by atoms with Crippen LogP contribution in [-0.2, 0) is 4.74 Å². The van der Waals surface area contributed by atoms with Crippen LogP contribution in [0.3, 0.4) is 0 Å². The van der Waals surface area contributed by atoms with E-state index in [1.165, 1.54) is 12.4 Å². The van der Waals surface area contributed by atoms with Crippen LogP contribution in [0.15, 0.2) is 49.2 Å². The van der Waals surface area contributed by atoms with E-state index >= 15 is 0 Å². The number of aryl methyl sites for hydroxylation is 1. The third-order valence-corrected chi connectivity index (χ3v) is 5.80. The Morgan fingerprint density at radius 3 is 2.43 bits per heavy atom. The molecule has 0 atom stereocenters. The second-order valence-electron chi connectivity index (χ2n) is 8.55. The summed E-state index contributed by atoms with van der Waals surface area (Å²) in [6, 6.07) is 7.88. The number of hydrogen-bond donors (Lipinski definition) is 0. The summed E-state index contributed by atoms with van der Waals surface area (Å²) < 4.78 is 16.5. The van der Waals surface area contributed by atoms with E-state index in [4.69, 9.17) is 14.2 Å². The number of rotatable bonds is 10. The predicted molar refractivity (Wildman–Crippen MR) is 140 cm³/mol. The monoisotopic (exact) mass is 502 g/mol. The zero-order chi connectivity index (χ0) is 26.4. The van der Waals surface area contributed by atoms with Crippen molar-refractivity contribution in [3.63, 3.8) is 0 Å². The van der Waals surface area contributed by atoms with Gasteiger partial charge in [-0.25, -0.2) is 29.7 Å². The molecule has 37 heavy (non-hydrogen) atoms. The molecule has 0 fully saturated rings. The van der Waals surface area contributed by atoms with E-state index < -0.39 is 5.97 Å². The highest BCUT2D eigenvalue weighted by atomic mass is 16.5. The van der Waals surface area contributed by atoms with Gasteiger partial charge in [-0.3, -0.25) is 0 Å².